The number of hydrogen-bond acceptors (Lipinski definition) is 2. The Morgan fingerprint density at radius 3 is 2.33 bits per heavy atom. The molecule has 0 aliphatic heterocycles. The standard InChI is InChI=1S/C12H9ClFNO2S/c13-9-2-1-3-12(8-9)18(16,17)15-11-6-4-10(14)5-7-11/h1-8,15H. The van der Waals surface area contributed by atoms with Gasteiger partial charge in [0.25, 0.3) is 10.0 Å². The van der Waals surface area contributed by atoms with Crippen LogP contribution in [0.25, 0.3) is 0 Å². The molecule has 0 aromatic heterocycles. The molecular weight excluding hydrogens is 277 g/mol. The molecule has 2 aromatic rings. The maximum absolute atomic E-state index is 12.7. The summed E-state index contributed by atoms with van der Waals surface area (Å²) in [6.07, 6.45) is 0. The SMILES string of the molecule is O=S(=O)(Nc1ccc(F)cc1)c1cccc(Cl)c1. The molecule has 6 heteroatoms. The first-order valence-corrected chi connectivity index (χ1v) is 6.87. The molecule has 0 spiro atoms. The van der Waals surface area contributed by atoms with E-state index in [-0.39, 0.29) is 10.6 Å². The molecule has 0 aliphatic carbocycles. The lowest BCUT2D eigenvalue weighted by molar-refractivity contribution is 0.601. The Morgan fingerprint density at radius 1 is 1.06 bits per heavy atom. The highest BCUT2D eigenvalue weighted by atomic mass is 35.5. The van der Waals surface area contributed by atoms with Crippen molar-refractivity contribution in [2.24, 2.45) is 0 Å². The fraction of sp³-hybridized carbons (Fsp3) is 0. The van der Waals surface area contributed by atoms with Crippen molar-refractivity contribution in [3.05, 3.63) is 59.4 Å². The van der Waals surface area contributed by atoms with E-state index in [0.717, 1.165) is 0 Å². The van der Waals surface area contributed by atoms with Crippen molar-refractivity contribution in [1.29, 1.82) is 0 Å². The monoisotopic (exact) mass is 285 g/mol. The number of hydrogen-bond donors (Lipinski definition) is 1. The number of rotatable bonds is 3. The van der Waals surface area contributed by atoms with Crippen LogP contribution in [0, 0.1) is 5.82 Å². The first-order valence-electron chi connectivity index (χ1n) is 5.01. The minimum atomic E-state index is -3.71. The Bertz CT molecular complexity index is 656. The molecule has 2 rings (SSSR count). The number of anilines is 1. The van der Waals surface area contributed by atoms with Gasteiger partial charge >= 0.3 is 0 Å². The number of benzene rings is 2. The van der Waals surface area contributed by atoms with Crippen molar-refractivity contribution in [3.63, 3.8) is 0 Å². The van der Waals surface area contributed by atoms with Crippen LogP contribution in [0.15, 0.2) is 53.4 Å². The summed E-state index contributed by atoms with van der Waals surface area (Å²) >= 11 is 5.73. The van der Waals surface area contributed by atoms with Gasteiger partial charge in [-0.25, -0.2) is 12.8 Å². The maximum atomic E-state index is 12.7. The summed E-state index contributed by atoms with van der Waals surface area (Å²) in [6, 6.07) is 10.9. The highest BCUT2D eigenvalue weighted by Crippen LogP contribution is 2.19. The highest BCUT2D eigenvalue weighted by molar-refractivity contribution is 7.92. The predicted octanol–water partition coefficient (Wildman–Crippen LogP) is 3.28. The third kappa shape index (κ3) is 3.00. The van der Waals surface area contributed by atoms with E-state index in [9.17, 15) is 12.8 Å². The van der Waals surface area contributed by atoms with Crippen molar-refractivity contribution in [1.82, 2.24) is 0 Å². The average molecular weight is 286 g/mol. The largest absolute Gasteiger partial charge is 0.280 e. The van der Waals surface area contributed by atoms with Crippen molar-refractivity contribution in [2.75, 3.05) is 4.72 Å². The van der Waals surface area contributed by atoms with Gasteiger partial charge in [0.1, 0.15) is 5.82 Å². The van der Waals surface area contributed by atoms with Gasteiger partial charge in [0.05, 0.1) is 4.90 Å². The molecule has 0 bridgehead atoms. The number of nitrogens with one attached hydrogen (secondary N) is 1. The Balaban J connectivity index is 2.30. The van der Waals surface area contributed by atoms with Crippen molar-refractivity contribution >= 4 is 27.3 Å². The summed E-state index contributed by atoms with van der Waals surface area (Å²) in [4.78, 5) is 0.0549. The van der Waals surface area contributed by atoms with Crippen LogP contribution >= 0.6 is 11.6 Å². The molecule has 0 saturated heterocycles. The van der Waals surface area contributed by atoms with E-state index in [1.165, 1.54) is 36.4 Å². The first-order chi connectivity index (χ1) is 8.47. The van der Waals surface area contributed by atoms with Crippen molar-refractivity contribution in [3.8, 4) is 0 Å². The lowest BCUT2D eigenvalue weighted by Gasteiger charge is -2.08. The normalized spacial score (nSPS) is 11.2. The molecule has 0 heterocycles. The fourth-order valence-electron chi connectivity index (χ4n) is 1.37. The van der Waals surface area contributed by atoms with Gasteiger partial charge < -0.3 is 0 Å². The summed E-state index contributed by atoms with van der Waals surface area (Å²) < 4.78 is 39.0. The fourth-order valence-corrected chi connectivity index (χ4v) is 2.73. The van der Waals surface area contributed by atoms with Gasteiger partial charge in [-0.2, -0.15) is 0 Å². The molecule has 0 saturated carbocycles. The van der Waals surface area contributed by atoms with Gasteiger partial charge in [0.2, 0.25) is 0 Å². The highest BCUT2D eigenvalue weighted by Gasteiger charge is 2.14. The third-order valence-corrected chi connectivity index (χ3v) is 3.82. The van der Waals surface area contributed by atoms with E-state index >= 15 is 0 Å². The molecule has 0 radical (unpaired) electrons. The lowest BCUT2D eigenvalue weighted by Crippen LogP contribution is -2.12. The van der Waals surface area contributed by atoms with Gasteiger partial charge in [-0.1, -0.05) is 17.7 Å². The van der Waals surface area contributed by atoms with Crippen molar-refractivity contribution < 1.29 is 12.8 Å². The van der Waals surface area contributed by atoms with E-state index in [2.05, 4.69) is 4.72 Å². The summed E-state index contributed by atoms with van der Waals surface area (Å²) in [5.41, 5.74) is 0.288. The minimum Gasteiger partial charge on any atom is -0.280 e. The van der Waals surface area contributed by atoms with E-state index in [1.807, 2.05) is 0 Å². The van der Waals surface area contributed by atoms with Gasteiger partial charge in [-0.05, 0) is 42.5 Å². The Hall–Kier alpha value is -1.59. The molecule has 94 valence electrons. The zero-order valence-corrected chi connectivity index (χ0v) is 10.7. The minimum absolute atomic E-state index is 0.0549. The lowest BCUT2D eigenvalue weighted by atomic mass is 10.3. The van der Waals surface area contributed by atoms with Crippen LogP contribution in [-0.4, -0.2) is 8.42 Å². The van der Waals surface area contributed by atoms with E-state index < -0.39 is 15.8 Å². The zero-order valence-electron chi connectivity index (χ0n) is 9.10. The topological polar surface area (TPSA) is 46.2 Å². The zero-order chi connectivity index (χ0) is 13.2. The van der Waals surface area contributed by atoms with Crippen LogP contribution in [0.3, 0.4) is 0 Å². The molecule has 0 fully saturated rings. The summed E-state index contributed by atoms with van der Waals surface area (Å²) in [5.74, 6) is -0.430. The van der Waals surface area contributed by atoms with Gasteiger partial charge in [0.15, 0.2) is 0 Å². The molecule has 0 amide bonds. The summed E-state index contributed by atoms with van der Waals surface area (Å²) in [5, 5.41) is 0.331. The van der Waals surface area contributed by atoms with Gasteiger partial charge in [-0.15, -0.1) is 0 Å². The van der Waals surface area contributed by atoms with Crippen molar-refractivity contribution in [2.45, 2.75) is 4.90 Å². The average Bonchev–Trinajstić information content (AvgIpc) is 2.32. The first kappa shape index (κ1) is 12.9. The van der Waals surface area contributed by atoms with E-state index in [1.54, 1.807) is 12.1 Å². The summed E-state index contributed by atoms with van der Waals surface area (Å²) in [6.45, 7) is 0. The number of sulfonamides is 1. The van der Waals surface area contributed by atoms with Crippen LogP contribution in [0.4, 0.5) is 10.1 Å². The molecule has 1 N–H and O–H groups in total. The third-order valence-electron chi connectivity index (χ3n) is 2.20. The second-order valence-electron chi connectivity index (χ2n) is 3.57. The molecule has 3 nitrogen and oxygen atoms in total. The quantitative estimate of drug-likeness (QED) is 0.941. The van der Waals surface area contributed by atoms with Crippen LogP contribution in [0.5, 0.6) is 0 Å². The predicted molar refractivity (Wildman–Crippen MR) is 68.7 cm³/mol. The second-order valence-corrected chi connectivity index (χ2v) is 5.69. The molecule has 18 heavy (non-hydrogen) atoms. The van der Waals surface area contributed by atoms with Crippen LogP contribution < -0.4 is 4.72 Å². The van der Waals surface area contributed by atoms with Gasteiger partial charge in [-0.3, -0.25) is 4.72 Å². The van der Waals surface area contributed by atoms with E-state index in [4.69, 9.17) is 11.6 Å². The Labute approximate surface area is 109 Å². The molecule has 0 unspecified atom stereocenters. The molecule has 2 aromatic carbocycles. The maximum Gasteiger partial charge on any atom is 0.261 e. The van der Waals surface area contributed by atoms with Crippen LogP contribution in [-0.2, 0) is 10.0 Å². The molecule has 0 aliphatic rings. The Kier molecular flexibility index (Phi) is 3.54. The van der Waals surface area contributed by atoms with Crippen LogP contribution in [0.2, 0.25) is 5.02 Å². The molecule has 0 atom stereocenters. The summed E-state index contributed by atoms with van der Waals surface area (Å²) in [7, 11) is -3.71. The smallest absolute Gasteiger partial charge is 0.261 e. The second kappa shape index (κ2) is 4.96. The van der Waals surface area contributed by atoms with Gasteiger partial charge in [0, 0.05) is 10.7 Å². The number of halogens is 2. The Morgan fingerprint density at radius 2 is 1.72 bits per heavy atom. The van der Waals surface area contributed by atoms with Crippen LogP contribution in [0.1, 0.15) is 0 Å². The van der Waals surface area contributed by atoms with E-state index in [0.29, 0.717) is 5.02 Å². The molecular formula is C12H9ClFNO2S.